The van der Waals surface area contributed by atoms with E-state index in [9.17, 15) is 5.11 Å². The molecule has 2 nitrogen and oxygen atoms in total. The third-order valence-corrected chi connectivity index (χ3v) is 3.60. The van der Waals surface area contributed by atoms with Crippen molar-refractivity contribution >= 4 is 10.8 Å². The Morgan fingerprint density at radius 3 is 2.76 bits per heavy atom. The van der Waals surface area contributed by atoms with Gasteiger partial charge in [0.05, 0.1) is 0 Å². The van der Waals surface area contributed by atoms with Crippen molar-refractivity contribution in [2.75, 3.05) is 6.54 Å². The van der Waals surface area contributed by atoms with Crippen molar-refractivity contribution in [2.24, 2.45) is 0 Å². The molecule has 2 heteroatoms. The highest BCUT2D eigenvalue weighted by Crippen LogP contribution is 2.29. The average Bonchev–Trinajstić information content (AvgIpc) is 2.82. The van der Waals surface area contributed by atoms with Gasteiger partial charge in [0.25, 0.3) is 0 Å². The predicted octanol–water partition coefficient (Wildman–Crippen LogP) is 2.84. The van der Waals surface area contributed by atoms with E-state index in [0.29, 0.717) is 11.8 Å². The van der Waals surface area contributed by atoms with Gasteiger partial charge in [0, 0.05) is 11.4 Å². The van der Waals surface area contributed by atoms with Crippen LogP contribution in [-0.2, 0) is 6.42 Å². The van der Waals surface area contributed by atoms with E-state index >= 15 is 0 Å². The van der Waals surface area contributed by atoms with Gasteiger partial charge in [0.1, 0.15) is 5.75 Å². The summed E-state index contributed by atoms with van der Waals surface area (Å²) in [6.07, 6.45) is 3.51. The van der Waals surface area contributed by atoms with E-state index < -0.39 is 0 Å². The van der Waals surface area contributed by atoms with E-state index in [1.54, 1.807) is 6.07 Å². The van der Waals surface area contributed by atoms with Gasteiger partial charge in [-0.05, 0) is 42.8 Å². The Bertz CT molecular complexity index is 524. The predicted molar refractivity (Wildman–Crippen MR) is 70.3 cm³/mol. The Hall–Kier alpha value is -1.54. The Balaban J connectivity index is 2.03. The summed E-state index contributed by atoms with van der Waals surface area (Å²) in [6.45, 7) is 1.13. The van der Waals surface area contributed by atoms with Crippen LogP contribution in [0, 0.1) is 0 Å². The minimum atomic E-state index is 0.399. The van der Waals surface area contributed by atoms with Gasteiger partial charge in [-0.15, -0.1) is 0 Å². The molecule has 2 aromatic rings. The number of benzene rings is 2. The zero-order chi connectivity index (χ0) is 11.7. The van der Waals surface area contributed by atoms with Gasteiger partial charge in [-0.1, -0.05) is 30.3 Å². The molecule has 0 amide bonds. The molecule has 88 valence electrons. The molecular formula is C15H17NO. The quantitative estimate of drug-likeness (QED) is 0.827. The lowest BCUT2D eigenvalue weighted by molar-refractivity contribution is 0.481. The maximum absolute atomic E-state index is 10.0. The van der Waals surface area contributed by atoms with Gasteiger partial charge in [-0.3, -0.25) is 0 Å². The fraction of sp³-hybridized carbons (Fsp3) is 0.333. The number of nitrogens with one attached hydrogen (secondary N) is 1. The smallest absolute Gasteiger partial charge is 0.123 e. The van der Waals surface area contributed by atoms with Crippen LogP contribution >= 0.6 is 0 Å². The van der Waals surface area contributed by atoms with Crippen molar-refractivity contribution in [3.05, 3.63) is 42.0 Å². The molecule has 17 heavy (non-hydrogen) atoms. The highest BCUT2D eigenvalue weighted by atomic mass is 16.3. The molecule has 0 unspecified atom stereocenters. The summed E-state index contributed by atoms with van der Waals surface area (Å²) in [5.74, 6) is 0.399. The minimum Gasteiger partial charge on any atom is -0.507 e. The number of hydrogen-bond acceptors (Lipinski definition) is 2. The van der Waals surface area contributed by atoms with Crippen molar-refractivity contribution in [3.63, 3.8) is 0 Å². The fourth-order valence-electron chi connectivity index (χ4n) is 2.76. The van der Waals surface area contributed by atoms with Crippen molar-refractivity contribution < 1.29 is 5.11 Å². The monoisotopic (exact) mass is 227 g/mol. The molecule has 0 aromatic heterocycles. The Labute approximate surface area is 101 Å². The average molecular weight is 227 g/mol. The largest absolute Gasteiger partial charge is 0.507 e. The molecule has 0 bridgehead atoms. The summed E-state index contributed by atoms with van der Waals surface area (Å²) < 4.78 is 0. The lowest BCUT2D eigenvalue weighted by Gasteiger charge is -2.13. The molecule has 1 aliphatic heterocycles. The minimum absolute atomic E-state index is 0.399. The molecule has 1 aliphatic rings. The Kier molecular flexibility index (Phi) is 2.73. The third-order valence-electron chi connectivity index (χ3n) is 3.60. The van der Waals surface area contributed by atoms with Crippen LogP contribution in [0.25, 0.3) is 10.8 Å². The Morgan fingerprint density at radius 2 is 2.00 bits per heavy atom. The van der Waals surface area contributed by atoms with Crippen LogP contribution in [0.4, 0.5) is 0 Å². The van der Waals surface area contributed by atoms with E-state index in [0.717, 1.165) is 23.7 Å². The van der Waals surface area contributed by atoms with Gasteiger partial charge in [-0.2, -0.15) is 0 Å². The van der Waals surface area contributed by atoms with Crippen LogP contribution in [-0.4, -0.2) is 17.7 Å². The highest BCUT2D eigenvalue weighted by Gasteiger charge is 2.16. The van der Waals surface area contributed by atoms with E-state index in [4.69, 9.17) is 0 Å². The molecule has 1 fully saturated rings. The molecule has 0 aliphatic carbocycles. The number of phenols is 1. The first kappa shape index (κ1) is 10.6. The lowest BCUT2D eigenvalue weighted by atomic mass is 9.97. The van der Waals surface area contributed by atoms with Crippen molar-refractivity contribution in [1.82, 2.24) is 5.32 Å². The Morgan fingerprint density at radius 1 is 1.18 bits per heavy atom. The van der Waals surface area contributed by atoms with Crippen molar-refractivity contribution in [2.45, 2.75) is 25.3 Å². The standard InChI is InChI=1S/C15H17NO/c17-14-8-2-5-11-4-1-6-12(15(11)14)10-13-7-3-9-16-13/h1-2,4-6,8,13,16-17H,3,7,9-10H2/t13-/m0/s1. The molecule has 2 N–H and O–H groups in total. The zero-order valence-corrected chi connectivity index (χ0v) is 9.82. The van der Waals surface area contributed by atoms with Gasteiger partial charge >= 0.3 is 0 Å². The van der Waals surface area contributed by atoms with Crippen LogP contribution in [0.2, 0.25) is 0 Å². The number of fused-ring (bicyclic) bond motifs is 1. The number of aromatic hydroxyl groups is 1. The summed E-state index contributed by atoms with van der Waals surface area (Å²) >= 11 is 0. The summed E-state index contributed by atoms with van der Waals surface area (Å²) in [5.41, 5.74) is 1.25. The van der Waals surface area contributed by atoms with Gasteiger partial charge < -0.3 is 10.4 Å². The molecule has 3 rings (SSSR count). The van der Waals surface area contributed by atoms with Crippen molar-refractivity contribution in [3.8, 4) is 5.75 Å². The van der Waals surface area contributed by atoms with E-state index in [1.165, 1.54) is 18.4 Å². The summed E-state index contributed by atoms with van der Waals surface area (Å²) in [4.78, 5) is 0. The highest BCUT2D eigenvalue weighted by molar-refractivity contribution is 5.91. The maximum Gasteiger partial charge on any atom is 0.123 e. The third kappa shape index (κ3) is 2.01. The summed E-state index contributed by atoms with van der Waals surface area (Å²) in [6, 6.07) is 12.6. The lowest BCUT2D eigenvalue weighted by Crippen LogP contribution is -2.23. The molecule has 1 heterocycles. The van der Waals surface area contributed by atoms with Crippen LogP contribution in [0.5, 0.6) is 5.75 Å². The van der Waals surface area contributed by atoms with E-state index in [1.807, 2.05) is 6.07 Å². The van der Waals surface area contributed by atoms with E-state index in [2.05, 4.69) is 29.6 Å². The van der Waals surface area contributed by atoms with Crippen LogP contribution < -0.4 is 5.32 Å². The first-order valence-electron chi connectivity index (χ1n) is 6.27. The normalized spacial score (nSPS) is 19.9. The number of hydrogen-bond donors (Lipinski definition) is 2. The maximum atomic E-state index is 10.0. The number of phenolic OH excluding ortho intramolecular Hbond substituents is 1. The second-order valence-corrected chi connectivity index (χ2v) is 4.79. The summed E-state index contributed by atoms with van der Waals surface area (Å²) in [5, 5.41) is 15.7. The van der Waals surface area contributed by atoms with Crippen LogP contribution in [0.15, 0.2) is 36.4 Å². The zero-order valence-electron chi connectivity index (χ0n) is 9.82. The van der Waals surface area contributed by atoms with Crippen LogP contribution in [0.1, 0.15) is 18.4 Å². The molecule has 0 radical (unpaired) electrons. The second-order valence-electron chi connectivity index (χ2n) is 4.79. The molecular weight excluding hydrogens is 210 g/mol. The van der Waals surface area contributed by atoms with Gasteiger partial charge in [0.15, 0.2) is 0 Å². The molecule has 1 saturated heterocycles. The first-order valence-corrected chi connectivity index (χ1v) is 6.27. The topological polar surface area (TPSA) is 32.3 Å². The first-order chi connectivity index (χ1) is 8.34. The second kappa shape index (κ2) is 4.38. The van der Waals surface area contributed by atoms with Crippen LogP contribution in [0.3, 0.4) is 0 Å². The van der Waals surface area contributed by atoms with Crippen molar-refractivity contribution in [1.29, 1.82) is 0 Å². The van der Waals surface area contributed by atoms with Gasteiger partial charge in [-0.25, -0.2) is 0 Å². The summed E-state index contributed by atoms with van der Waals surface area (Å²) in [7, 11) is 0. The number of rotatable bonds is 2. The molecule has 1 atom stereocenters. The fourth-order valence-corrected chi connectivity index (χ4v) is 2.76. The van der Waals surface area contributed by atoms with E-state index in [-0.39, 0.29) is 0 Å². The molecule has 2 aromatic carbocycles. The van der Waals surface area contributed by atoms with Gasteiger partial charge in [0.2, 0.25) is 0 Å². The molecule has 0 spiro atoms. The SMILES string of the molecule is Oc1cccc2cccc(C[C@@H]3CCCN3)c12. The molecule has 0 saturated carbocycles.